The Morgan fingerprint density at radius 1 is 0.778 bits per heavy atom. The number of non-ortho nitro benzene ring substituents is 1. The van der Waals surface area contributed by atoms with E-state index in [0.717, 1.165) is 18.2 Å². The Morgan fingerprint density at radius 2 is 1.17 bits per heavy atom. The topological polar surface area (TPSA) is 174 Å². The normalized spacial score (nSPS) is 9.83. The number of anilines is 1. The summed E-state index contributed by atoms with van der Waals surface area (Å²) in [6.07, 6.45) is 3.41. The van der Waals surface area contributed by atoms with Crippen molar-refractivity contribution in [2.75, 3.05) is 12.8 Å². The summed E-state index contributed by atoms with van der Waals surface area (Å²) in [5.74, 6) is -1.91. The Labute approximate surface area is 206 Å². The van der Waals surface area contributed by atoms with Gasteiger partial charge in [-0.05, 0) is 47.5 Å². The second kappa shape index (κ2) is 13.1. The van der Waals surface area contributed by atoms with Crippen LogP contribution in [0.15, 0.2) is 85.2 Å². The van der Waals surface area contributed by atoms with E-state index in [9.17, 15) is 19.7 Å². The van der Waals surface area contributed by atoms with Gasteiger partial charge in [-0.3, -0.25) is 10.1 Å². The molecule has 36 heavy (non-hydrogen) atoms. The molecule has 2 aromatic heterocycles. The van der Waals surface area contributed by atoms with Gasteiger partial charge in [0.05, 0.1) is 4.92 Å². The number of rotatable bonds is 7. The zero-order valence-corrected chi connectivity index (χ0v) is 19.4. The smallest absolute Gasteiger partial charge is 0.352 e. The zero-order valence-electron chi connectivity index (χ0n) is 19.4. The van der Waals surface area contributed by atoms with Crippen molar-refractivity contribution in [2.45, 2.75) is 13.1 Å². The maximum atomic E-state index is 10.9. The van der Waals surface area contributed by atoms with Crippen molar-refractivity contribution in [3.8, 4) is 0 Å². The molecule has 0 saturated heterocycles. The van der Waals surface area contributed by atoms with Gasteiger partial charge in [-0.1, -0.05) is 24.3 Å². The zero-order chi connectivity index (χ0) is 26.7. The number of aliphatic hydroxyl groups excluding tert-OH is 1. The van der Waals surface area contributed by atoms with Crippen LogP contribution in [0.2, 0.25) is 0 Å². The van der Waals surface area contributed by atoms with E-state index in [1.165, 1.54) is 18.2 Å². The van der Waals surface area contributed by atoms with E-state index in [4.69, 9.17) is 21.1 Å². The monoisotopic (exact) mass is 494 g/mol. The van der Waals surface area contributed by atoms with Crippen LogP contribution in [0.25, 0.3) is 0 Å². The van der Waals surface area contributed by atoms with Crippen LogP contribution in [-0.4, -0.2) is 48.4 Å². The summed E-state index contributed by atoms with van der Waals surface area (Å²) in [6, 6.07) is 19.9. The van der Waals surface area contributed by atoms with Crippen LogP contribution in [0.3, 0.4) is 0 Å². The molecule has 0 atom stereocenters. The van der Waals surface area contributed by atoms with Crippen molar-refractivity contribution in [3.63, 3.8) is 0 Å². The van der Waals surface area contributed by atoms with Crippen molar-refractivity contribution in [1.82, 2.24) is 9.13 Å². The number of hydrogen-bond donors (Lipinski definition) is 4. The molecule has 4 rings (SSSR count). The summed E-state index contributed by atoms with van der Waals surface area (Å²) >= 11 is 0. The number of carbonyl (C=O) groups is 2. The van der Waals surface area contributed by atoms with Gasteiger partial charge >= 0.3 is 11.9 Å². The van der Waals surface area contributed by atoms with E-state index in [0.29, 0.717) is 18.8 Å². The molecule has 0 aliphatic rings. The first-order valence-electron chi connectivity index (χ1n) is 10.5. The minimum absolute atomic E-state index is 0.0183. The predicted molar refractivity (Wildman–Crippen MR) is 133 cm³/mol. The number of aromatic carboxylic acids is 2. The maximum Gasteiger partial charge on any atom is 0.352 e. The van der Waals surface area contributed by atoms with Crippen LogP contribution in [0.5, 0.6) is 0 Å². The third-order valence-corrected chi connectivity index (χ3v) is 4.93. The van der Waals surface area contributed by atoms with E-state index in [-0.39, 0.29) is 17.1 Å². The van der Waals surface area contributed by atoms with Crippen LogP contribution in [0.4, 0.5) is 11.4 Å². The molecule has 2 aromatic carbocycles. The molecule has 4 aromatic rings. The molecule has 5 N–H and O–H groups in total. The fourth-order valence-electron chi connectivity index (χ4n) is 3.23. The van der Waals surface area contributed by atoms with Crippen LogP contribution < -0.4 is 5.73 Å². The Morgan fingerprint density at radius 3 is 1.53 bits per heavy atom. The fraction of sp³-hybridized carbons (Fsp3) is 0.120. The van der Waals surface area contributed by atoms with Crippen LogP contribution in [0, 0.1) is 10.1 Å². The minimum atomic E-state index is -0.998. The number of hydrogen-bond acceptors (Lipinski definition) is 6. The van der Waals surface area contributed by atoms with Gasteiger partial charge < -0.3 is 30.2 Å². The number of aromatic nitrogens is 2. The van der Waals surface area contributed by atoms with Gasteiger partial charge in [-0.2, -0.15) is 0 Å². The van der Waals surface area contributed by atoms with E-state index in [2.05, 4.69) is 0 Å². The van der Waals surface area contributed by atoms with Gasteiger partial charge in [0.25, 0.3) is 5.69 Å². The Bertz CT molecular complexity index is 1290. The van der Waals surface area contributed by atoms with Crippen LogP contribution >= 0.6 is 0 Å². The molecule has 0 bridgehead atoms. The van der Waals surface area contributed by atoms with Crippen molar-refractivity contribution in [3.05, 3.63) is 118 Å². The molecule has 11 heteroatoms. The van der Waals surface area contributed by atoms with Gasteiger partial charge in [0.1, 0.15) is 11.4 Å². The third-order valence-electron chi connectivity index (χ3n) is 4.93. The largest absolute Gasteiger partial charge is 0.477 e. The number of benzene rings is 2. The van der Waals surface area contributed by atoms with E-state index >= 15 is 0 Å². The summed E-state index contributed by atoms with van der Waals surface area (Å²) in [5.41, 5.74) is 8.60. The number of aliphatic hydroxyl groups is 1. The van der Waals surface area contributed by atoms with Crippen LogP contribution in [-0.2, 0) is 13.1 Å². The molecule has 0 fully saturated rings. The molecule has 0 unspecified atom stereocenters. The lowest BCUT2D eigenvalue weighted by Crippen LogP contribution is -2.08. The molecule has 188 valence electrons. The highest BCUT2D eigenvalue weighted by Crippen LogP contribution is 2.14. The molecule has 0 radical (unpaired) electrons. The summed E-state index contributed by atoms with van der Waals surface area (Å²) in [4.78, 5) is 31.8. The van der Waals surface area contributed by atoms with Crippen molar-refractivity contribution in [2.24, 2.45) is 0 Å². The molecule has 11 nitrogen and oxygen atoms in total. The molecule has 0 aliphatic carbocycles. The van der Waals surface area contributed by atoms with Crippen molar-refractivity contribution in [1.29, 1.82) is 0 Å². The minimum Gasteiger partial charge on any atom is -0.477 e. The fourth-order valence-corrected chi connectivity index (χ4v) is 3.23. The Kier molecular flexibility index (Phi) is 9.96. The molecule has 0 amide bonds. The van der Waals surface area contributed by atoms with Gasteiger partial charge in [0, 0.05) is 50.4 Å². The Balaban J connectivity index is 0.000000239. The van der Waals surface area contributed by atoms with Gasteiger partial charge in [-0.25, -0.2) is 9.59 Å². The van der Waals surface area contributed by atoms with Gasteiger partial charge in [0.15, 0.2) is 0 Å². The number of nitrogens with zero attached hydrogens (tertiary/aromatic N) is 3. The number of carboxylic acids is 2. The second-order valence-corrected chi connectivity index (χ2v) is 7.32. The van der Waals surface area contributed by atoms with Gasteiger partial charge in [-0.15, -0.1) is 0 Å². The average Bonchev–Trinajstić information content (AvgIpc) is 3.52. The maximum absolute atomic E-state index is 10.9. The number of carboxylic acid groups (broad SMARTS) is 2. The summed E-state index contributed by atoms with van der Waals surface area (Å²) in [6.45, 7) is 0.904. The molecule has 0 spiro atoms. The third kappa shape index (κ3) is 7.57. The quantitative estimate of drug-likeness (QED) is 0.171. The number of nitro benzene ring substituents is 1. The summed E-state index contributed by atoms with van der Waals surface area (Å²) < 4.78 is 3.26. The molecular formula is C25H26N4O7. The second-order valence-electron chi connectivity index (χ2n) is 7.32. The number of nitro groups is 1. The SMILES string of the molecule is CO.Nc1ccc(Cn2cccc2C(=O)O)cc1.O=C(O)c1cccn1Cc1ccc([N+](=O)[O-])cc1. The lowest BCUT2D eigenvalue weighted by Gasteiger charge is -2.06. The van der Waals surface area contributed by atoms with Crippen molar-refractivity contribution < 1.29 is 29.8 Å². The van der Waals surface area contributed by atoms with Gasteiger partial charge in [0.2, 0.25) is 0 Å². The average molecular weight is 495 g/mol. The lowest BCUT2D eigenvalue weighted by molar-refractivity contribution is -0.384. The first kappa shape index (κ1) is 27.3. The van der Waals surface area contributed by atoms with Crippen molar-refractivity contribution >= 4 is 23.3 Å². The summed E-state index contributed by atoms with van der Waals surface area (Å²) in [7, 11) is 1.00. The molecule has 0 saturated carbocycles. The summed E-state index contributed by atoms with van der Waals surface area (Å²) in [5, 5.41) is 35.4. The highest BCUT2D eigenvalue weighted by atomic mass is 16.6. The number of nitrogens with two attached hydrogens (primary N) is 1. The first-order valence-corrected chi connectivity index (χ1v) is 10.5. The van der Waals surface area contributed by atoms with E-state index < -0.39 is 16.9 Å². The lowest BCUT2D eigenvalue weighted by atomic mass is 10.2. The Hall–Kier alpha value is -4.90. The molecular weight excluding hydrogens is 468 g/mol. The standard InChI is InChI=1S/C12H10N2O4.C12H12N2O2.CH4O/c15-12(16)11-2-1-7-13(11)8-9-3-5-10(6-4-9)14(17)18;13-10-5-3-9(4-6-10)8-14-7-1-2-11(14)12(15)16;1-2/h1-7H,8H2,(H,15,16);1-7H,8,13H2,(H,15,16);2H,1H3. The first-order chi connectivity index (χ1) is 17.2. The highest BCUT2D eigenvalue weighted by molar-refractivity contribution is 5.86. The molecule has 2 heterocycles. The number of nitrogen functional groups attached to an aromatic ring is 1. The molecule has 0 aliphatic heterocycles. The van der Waals surface area contributed by atoms with E-state index in [1.807, 2.05) is 12.1 Å². The predicted octanol–water partition coefficient (Wildman–Crippen LogP) is 3.57. The highest BCUT2D eigenvalue weighted by Gasteiger charge is 2.10. The van der Waals surface area contributed by atoms with E-state index in [1.54, 1.807) is 64.0 Å². The van der Waals surface area contributed by atoms with Crippen LogP contribution in [0.1, 0.15) is 32.1 Å².